The lowest BCUT2D eigenvalue weighted by atomic mass is 9.90. The number of fused-ring (bicyclic) bond motifs is 6. The normalized spacial score (nSPS) is 19.1. The maximum atomic E-state index is 12.9. The SMILES string of the molecule is COC(C1=Cc2cccnc2[C@@H](N2CCN(C(=O)OC3CCOCC3)CC2)c2ccc(Cl)cc21)c1cncn1C.Cn1cncc1C(N=[N+]=[N-])C1=Cc2cccnc2[C@@H](N2CCN(C(=O)OC(C)(C)C)CC2)c2ccc(Cl)cc21.Cn1cncc1C(N=[N+]=[N-])C1=Cc2cccnc2[C@@H](N2CCN(C(=O)OC(C)(C)C)CC2)c2ccc(Cl)cc21. The molecular weight excluding hydrogens is 1560 g/mol. The molecule has 0 N–H and O–H groups in total. The summed E-state index contributed by atoms with van der Waals surface area (Å²) in [4.78, 5) is 84.5. The highest BCUT2D eigenvalue weighted by atomic mass is 35.5. The predicted octanol–water partition coefficient (Wildman–Crippen LogP) is 16.8. The molecular formula is C86H96Cl3N21O8. The number of piperazine rings is 3. The van der Waals surface area contributed by atoms with Gasteiger partial charge in [-0.1, -0.05) is 81.4 Å². The van der Waals surface area contributed by atoms with Gasteiger partial charge in [-0.05, 0) is 192 Å². The number of hydrogen-bond donors (Lipinski definition) is 0. The summed E-state index contributed by atoms with van der Waals surface area (Å²) in [5.74, 6) is 0. The van der Waals surface area contributed by atoms with Gasteiger partial charge in [-0.2, -0.15) is 0 Å². The second kappa shape index (κ2) is 36.5. The van der Waals surface area contributed by atoms with Crippen LogP contribution in [0.25, 0.3) is 55.8 Å². The Labute approximate surface area is 700 Å². The minimum Gasteiger partial charge on any atom is -0.446 e. The van der Waals surface area contributed by atoms with Gasteiger partial charge >= 0.3 is 18.3 Å². The van der Waals surface area contributed by atoms with E-state index in [-0.39, 0.29) is 48.6 Å². The van der Waals surface area contributed by atoms with Gasteiger partial charge in [0.25, 0.3) is 0 Å². The number of carbonyl (C=O) groups is 3. The Balaban J connectivity index is 0.000000145. The molecule has 29 nitrogen and oxygen atoms in total. The molecule has 4 saturated heterocycles. The average Bonchev–Trinajstić information content (AvgIpc) is 1.59. The Morgan fingerprint density at radius 2 is 0.822 bits per heavy atom. The molecule has 4 aliphatic heterocycles. The van der Waals surface area contributed by atoms with Crippen molar-refractivity contribution in [2.24, 2.45) is 31.4 Å². The van der Waals surface area contributed by atoms with E-state index in [0.29, 0.717) is 107 Å². The van der Waals surface area contributed by atoms with Crippen LogP contribution < -0.4 is 0 Å². The Morgan fingerprint density at radius 3 is 1.15 bits per heavy atom. The van der Waals surface area contributed by atoms with Crippen LogP contribution in [0.15, 0.2) is 157 Å². The third kappa shape index (κ3) is 18.6. The molecule has 0 bridgehead atoms. The van der Waals surface area contributed by atoms with Crippen LogP contribution in [0, 0.1) is 0 Å². The second-order valence-electron chi connectivity index (χ2n) is 32.0. The number of imidazole rings is 3. The minimum absolute atomic E-state index is 0.0634. The molecule has 16 rings (SSSR count). The van der Waals surface area contributed by atoms with E-state index in [2.05, 4.69) is 67.9 Å². The number of methoxy groups -OCH3 is 1. The number of hydrogen-bond acceptors (Lipinski definition) is 19. The standard InChI is InChI=1S/C30H34ClN5O4.2C28H31ClN8O2/c1-34-19-32-18-26(34)29(38-2)25-16-20-4-3-9-33-27(20)28(23-6-5-21(31)17-24(23)25)35-10-12-36(13-11-35)30(37)40-22-7-14-39-15-8-22;2*1-28(2,3)39-27(38)37-12-10-36(11-13-37)26-20-8-7-19(29)15-21(20)22(14-18-6-5-9-32-24(18)26)25(33-34-30)23-16-31-17-35(23)4/h3-6,9,16-19,22,28-29H,7-8,10-15H2,1-2H3;2*5-9,14-17,25-26H,10-13H2,1-4H3/t28-,29?;2*25?,26-/m000/s1. The molecule has 3 amide bonds. The molecule has 32 heteroatoms. The Bertz CT molecular complexity index is 5130. The van der Waals surface area contributed by atoms with E-state index >= 15 is 0 Å². The molecule has 0 spiro atoms. The molecule has 0 radical (unpaired) electrons. The number of aryl methyl sites for hydroxylation is 3. The first kappa shape index (κ1) is 83.5. The van der Waals surface area contributed by atoms with Gasteiger partial charge in [0, 0.05) is 176 Å². The molecule has 6 atom stereocenters. The lowest BCUT2D eigenvalue weighted by Gasteiger charge is -2.40. The smallest absolute Gasteiger partial charge is 0.410 e. The van der Waals surface area contributed by atoms with Crippen LogP contribution >= 0.6 is 34.8 Å². The zero-order valence-electron chi connectivity index (χ0n) is 67.7. The van der Waals surface area contributed by atoms with Crippen molar-refractivity contribution in [2.45, 2.75) is 108 Å². The molecule has 3 aromatic carbocycles. The first-order valence-electron chi connectivity index (χ1n) is 39.5. The topological polar surface area (TPSA) is 306 Å². The fraction of sp³-hybridized carbons (Fsp3) is 0.407. The van der Waals surface area contributed by atoms with Crippen molar-refractivity contribution in [2.75, 3.05) is 98.9 Å². The fourth-order valence-electron chi connectivity index (χ4n) is 16.5. The van der Waals surface area contributed by atoms with Gasteiger partial charge < -0.3 is 52.1 Å². The molecule has 4 fully saturated rings. The van der Waals surface area contributed by atoms with Gasteiger partial charge in [0.15, 0.2) is 0 Å². The number of rotatable bonds is 13. The third-order valence-corrected chi connectivity index (χ3v) is 22.8. The van der Waals surface area contributed by atoms with Gasteiger partial charge in [0.05, 0.1) is 90.7 Å². The van der Waals surface area contributed by atoms with Crippen molar-refractivity contribution in [3.63, 3.8) is 0 Å². The Kier molecular flexibility index (Phi) is 25.9. The van der Waals surface area contributed by atoms with E-state index in [1.165, 1.54) is 0 Å². The summed E-state index contributed by atoms with van der Waals surface area (Å²) in [5.41, 5.74) is 34.6. The molecule has 118 heavy (non-hydrogen) atoms. The number of benzene rings is 3. The van der Waals surface area contributed by atoms with E-state index < -0.39 is 23.3 Å². The molecule has 7 aliphatic rings. The van der Waals surface area contributed by atoms with Crippen LogP contribution in [0.4, 0.5) is 14.4 Å². The average molecular weight is 1660 g/mol. The molecule has 614 valence electrons. The lowest BCUT2D eigenvalue weighted by molar-refractivity contribution is -0.0155. The molecule has 6 aromatic heterocycles. The van der Waals surface area contributed by atoms with Gasteiger partial charge in [-0.15, -0.1) is 0 Å². The van der Waals surface area contributed by atoms with Crippen LogP contribution in [0.2, 0.25) is 15.1 Å². The third-order valence-electron chi connectivity index (χ3n) is 22.1. The summed E-state index contributed by atoms with van der Waals surface area (Å²) >= 11 is 19.7. The van der Waals surface area contributed by atoms with Crippen LogP contribution in [-0.4, -0.2) is 207 Å². The van der Waals surface area contributed by atoms with Crippen molar-refractivity contribution in [1.82, 2.24) is 73.0 Å². The molecule has 9 aromatic rings. The highest BCUT2D eigenvalue weighted by Crippen LogP contribution is 2.50. The number of aromatic nitrogens is 9. The highest BCUT2D eigenvalue weighted by Gasteiger charge is 2.41. The maximum Gasteiger partial charge on any atom is 0.410 e. The van der Waals surface area contributed by atoms with Crippen LogP contribution in [0.1, 0.15) is 175 Å². The summed E-state index contributed by atoms with van der Waals surface area (Å²) in [6, 6.07) is 27.9. The second-order valence-corrected chi connectivity index (χ2v) is 33.3. The van der Waals surface area contributed by atoms with Crippen molar-refractivity contribution in [3.05, 3.63) is 267 Å². The first-order chi connectivity index (χ1) is 56.8. The number of azide groups is 2. The number of ether oxygens (including phenoxy) is 5. The van der Waals surface area contributed by atoms with Crippen LogP contribution in [0.3, 0.4) is 0 Å². The van der Waals surface area contributed by atoms with Crippen molar-refractivity contribution >= 4 is 88.0 Å². The maximum absolute atomic E-state index is 12.9. The predicted molar refractivity (Wildman–Crippen MR) is 452 cm³/mol. The molecule has 0 saturated carbocycles. The van der Waals surface area contributed by atoms with E-state index in [1.807, 2.05) is 185 Å². The lowest BCUT2D eigenvalue weighted by Crippen LogP contribution is -2.51. The zero-order chi connectivity index (χ0) is 83.1. The quantitative estimate of drug-likeness (QED) is 0.0448. The molecule has 10 heterocycles. The van der Waals surface area contributed by atoms with Crippen molar-refractivity contribution < 1.29 is 38.1 Å². The minimum atomic E-state index is -0.629. The number of carbonyl (C=O) groups excluding carboxylic acids is 3. The molecule has 3 unspecified atom stereocenters. The Hall–Kier alpha value is -10.9. The molecule has 3 aliphatic carbocycles. The van der Waals surface area contributed by atoms with Crippen LogP contribution in [-0.2, 0) is 44.8 Å². The number of pyridine rings is 3. The van der Waals surface area contributed by atoms with E-state index in [1.54, 1.807) is 60.7 Å². The van der Waals surface area contributed by atoms with Gasteiger partial charge in [0.1, 0.15) is 35.5 Å². The summed E-state index contributed by atoms with van der Waals surface area (Å²) in [5, 5.41) is 10.2. The van der Waals surface area contributed by atoms with Crippen molar-refractivity contribution in [1.29, 1.82) is 0 Å². The van der Waals surface area contributed by atoms with E-state index in [0.717, 1.165) is 114 Å². The van der Waals surface area contributed by atoms with Crippen LogP contribution in [0.5, 0.6) is 0 Å². The zero-order valence-corrected chi connectivity index (χ0v) is 70.0. The fourth-order valence-corrected chi connectivity index (χ4v) is 17.0. The number of amides is 3. The summed E-state index contributed by atoms with van der Waals surface area (Å²) in [6.45, 7) is 19.8. The van der Waals surface area contributed by atoms with E-state index in [9.17, 15) is 25.4 Å². The highest BCUT2D eigenvalue weighted by molar-refractivity contribution is 6.31. The van der Waals surface area contributed by atoms with Crippen molar-refractivity contribution in [3.8, 4) is 0 Å². The summed E-state index contributed by atoms with van der Waals surface area (Å²) < 4.78 is 34.2. The monoisotopic (exact) mass is 1660 g/mol. The largest absolute Gasteiger partial charge is 0.446 e. The summed E-state index contributed by atoms with van der Waals surface area (Å²) in [7, 11) is 7.44. The van der Waals surface area contributed by atoms with Gasteiger partial charge in [-0.25, -0.2) is 29.3 Å². The van der Waals surface area contributed by atoms with Gasteiger partial charge in [-0.3, -0.25) is 29.7 Å². The van der Waals surface area contributed by atoms with Gasteiger partial charge in [0.2, 0.25) is 0 Å². The number of halogens is 3. The Morgan fingerprint density at radius 1 is 0.483 bits per heavy atom. The van der Waals surface area contributed by atoms with E-state index in [4.69, 9.17) is 73.4 Å². The summed E-state index contributed by atoms with van der Waals surface area (Å²) in [6.07, 6.45) is 22.4. The first-order valence-corrected chi connectivity index (χ1v) is 40.6. The number of nitrogens with zero attached hydrogens (tertiary/aromatic N) is 21.